The molecule has 2 rings (SSSR count). The van der Waals surface area contributed by atoms with Crippen molar-refractivity contribution in [1.82, 2.24) is 4.98 Å². The number of hydrogen-bond donors (Lipinski definition) is 1. The molecule has 6 heteroatoms. The van der Waals surface area contributed by atoms with Gasteiger partial charge in [0, 0.05) is 4.47 Å². The van der Waals surface area contributed by atoms with Crippen LogP contribution >= 0.6 is 31.9 Å². The van der Waals surface area contributed by atoms with Crippen LogP contribution in [0.4, 0.5) is 10.1 Å². The van der Waals surface area contributed by atoms with Gasteiger partial charge in [0.05, 0.1) is 17.4 Å². The van der Waals surface area contributed by atoms with Crippen LogP contribution in [0.2, 0.25) is 0 Å². The maximum atomic E-state index is 13.6. The van der Waals surface area contributed by atoms with E-state index < -0.39 is 11.7 Å². The molecule has 0 aliphatic rings. The van der Waals surface area contributed by atoms with Crippen LogP contribution < -0.4 is 5.32 Å². The molecule has 0 spiro atoms. The molecule has 92 valence electrons. The normalized spacial score (nSPS) is 10.2. The zero-order valence-electron chi connectivity index (χ0n) is 8.95. The standard InChI is InChI=1S/C12H7Br2FN2O/c13-7-1-3-9(10(15)5-7)12(18)17-8-2-4-11(14)16-6-8/h1-6H,(H,17,18). The number of amides is 1. The minimum Gasteiger partial charge on any atom is -0.320 e. The number of anilines is 1. The monoisotopic (exact) mass is 372 g/mol. The maximum Gasteiger partial charge on any atom is 0.258 e. The minimum atomic E-state index is -0.577. The lowest BCUT2D eigenvalue weighted by Crippen LogP contribution is -2.13. The quantitative estimate of drug-likeness (QED) is 0.808. The second kappa shape index (κ2) is 5.58. The molecule has 0 saturated carbocycles. The Bertz CT molecular complexity index is 587. The van der Waals surface area contributed by atoms with Crippen molar-refractivity contribution in [2.45, 2.75) is 0 Å². The summed E-state index contributed by atoms with van der Waals surface area (Å²) in [4.78, 5) is 15.8. The lowest BCUT2D eigenvalue weighted by molar-refractivity contribution is 0.102. The molecule has 1 aromatic heterocycles. The Balaban J connectivity index is 2.19. The molecule has 18 heavy (non-hydrogen) atoms. The Morgan fingerprint density at radius 2 is 2.00 bits per heavy atom. The molecule has 0 atom stereocenters. The molecule has 0 aliphatic heterocycles. The van der Waals surface area contributed by atoms with E-state index in [4.69, 9.17) is 0 Å². The molecule has 0 saturated heterocycles. The number of nitrogens with zero attached hydrogens (tertiary/aromatic N) is 1. The molecule has 3 nitrogen and oxygen atoms in total. The smallest absolute Gasteiger partial charge is 0.258 e. The summed E-state index contributed by atoms with van der Waals surface area (Å²) in [6, 6.07) is 7.63. The van der Waals surface area contributed by atoms with E-state index in [0.717, 1.165) is 0 Å². The number of carbonyl (C=O) groups is 1. The SMILES string of the molecule is O=C(Nc1ccc(Br)nc1)c1ccc(Br)cc1F. The first-order valence-corrected chi connectivity index (χ1v) is 6.53. The summed E-state index contributed by atoms with van der Waals surface area (Å²) in [5.41, 5.74) is 0.492. The second-order valence-electron chi connectivity index (χ2n) is 3.45. The Labute approximate surface area is 120 Å². The number of nitrogens with one attached hydrogen (secondary N) is 1. The first-order valence-electron chi connectivity index (χ1n) is 4.94. The summed E-state index contributed by atoms with van der Waals surface area (Å²) >= 11 is 6.32. The van der Waals surface area contributed by atoms with E-state index in [1.807, 2.05) is 0 Å². The van der Waals surface area contributed by atoms with Crippen molar-refractivity contribution in [3.05, 3.63) is 57.0 Å². The van der Waals surface area contributed by atoms with E-state index in [1.165, 1.54) is 18.3 Å². The lowest BCUT2D eigenvalue weighted by Gasteiger charge is -2.06. The molecule has 1 heterocycles. The van der Waals surface area contributed by atoms with Gasteiger partial charge in [-0.3, -0.25) is 4.79 Å². The third kappa shape index (κ3) is 3.14. The summed E-state index contributed by atoms with van der Waals surface area (Å²) in [7, 11) is 0. The van der Waals surface area contributed by atoms with Crippen LogP contribution in [-0.2, 0) is 0 Å². The lowest BCUT2D eigenvalue weighted by atomic mass is 10.2. The van der Waals surface area contributed by atoms with Gasteiger partial charge in [-0.25, -0.2) is 9.37 Å². The summed E-state index contributed by atoms with van der Waals surface area (Å²) < 4.78 is 14.8. The number of halogens is 3. The van der Waals surface area contributed by atoms with Crippen molar-refractivity contribution >= 4 is 43.5 Å². The topological polar surface area (TPSA) is 42.0 Å². The zero-order valence-corrected chi connectivity index (χ0v) is 12.1. The first-order chi connectivity index (χ1) is 8.56. The van der Waals surface area contributed by atoms with Gasteiger partial charge in [0.15, 0.2) is 0 Å². The third-order valence-electron chi connectivity index (χ3n) is 2.16. The molecule has 0 unspecified atom stereocenters. The van der Waals surface area contributed by atoms with Crippen LogP contribution in [0, 0.1) is 5.82 Å². The molecule has 0 fully saturated rings. The van der Waals surface area contributed by atoms with E-state index in [-0.39, 0.29) is 5.56 Å². The zero-order chi connectivity index (χ0) is 13.1. The van der Waals surface area contributed by atoms with Crippen molar-refractivity contribution in [3.8, 4) is 0 Å². The Hall–Kier alpha value is -1.27. The molecular weight excluding hydrogens is 367 g/mol. The van der Waals surface area contributed by atoms with Crippen LogP contribution in [0.3, 0.4) is 0 Å². The molecular formula is C12H7Br2FN2O. The largest absolute Gasteiger partial charge is 0.320 e. The van der Waals surface area contributed by atoms with Gasteiger partial charge < -0.3 is 5.32 Å². The number of aromatic nitrogens is 1. The fourth-order valence-corrected chi connectivity index (χ4v) is 1.89. The van der Waals surface area contributed by atoms with Gasteiger partial charge in [0.1, 0.15) is 10.4 Å². The highest BCUT2D eigenvalue weighted by Gasteiger charge is 2.12. The molecule has 0 aliphatic carbocycles. The first kappa shape index (κ1) is 13.2. The molecule has 1 aromatic carbocycles. The summed E-state index contributed by atoms with van der Waals surface area (Å²) in [5, 5.41) is 2.57. The summed E-state index contributed by atoms with van der Waals surface area (Å²) in [5.74, 6) is -1.09. The van der Waals surface area contributed by atoms with Crippen molar-refractivity contribution in [1.29, 1.82) is 0 Å². The van der Waals surface area contributed by atoms with Crippen LogP contribution in [0.1, 0.15) is 10.4 Å². The van der Waals surface area contributed by atoms with E-state index in [0.29, 0.717) is 14.8 Å². The van der Waals surface area contributed by atoms with Gasteiger partial charge >= 0.3 is 0 Å². The maximum absolute atomic E-state index is 13.6. The van der Waals surface area contributed by atoms with Crippen LogP contribution in [0.5, 0.6) is 0 Å². The average Bonchev–Trinajstić information content (AvgIpc) is 2.32. The number of pyridine rings is 1. The molecule has 1 amide bonds. The van der Waals surface area contributed by atoms with Crippen molar-refractivity contribution in [3.63, 3.8) is 0 Å². The third-order valence-corrected chi connectivity index (χ3v) is 3.12. The molecule has 2 aromatic rings. The highest BCUT2D eigenvalue weighted by molar-refractivity contribution is 9.10. The Kier molecular flexibility index (Phi) is 4.08. The highest BCUT2D eigenvalue weighted by atomic mass is 79.9. The summed E-state index contributed by atoms with van der Waals surface area (Å²) in [6.07, 6.45) is 1.48. The van der Waals surface area contributed by atoms with E-state index in [9.17, 15) is 9.18 Å². The van der Waals surface area contributed by atoms with Gasteiger partial charge in [-0.15, -0.1) is 0 Å². The Morgan fingerprint density at radius 3 is 2.61 bits per heavy atom. The minimum absolute atomic E-state index is 0.0129. The number of rotatable bonds is 2. The van der Waals surface area contributed by atoms with Gasteiger partial charge in [-0.2, -0.15) is 0 Å². The van der Waals surface area contributed by atoms with Crippen LogP contribution in [-0.4, -0.2) is 10.9 Å². The molecule has 0 bridgehead atoms. The van der Waals surface area contributed by atoms with Gasteiger partial charge in [-0.1, -0.05) is 15.9 Å². The van der Waals surface area contributed by atoms with Gasteiger partial charge in [-0.05, 0) is 46.3 Å². The van der Waals surface area contributed by atoms with Crippen molar-refractivity contribution in [2.24, 2.45) is 0 Å². The number of benzene rings is 1. The number of carbonyl (C=O) groups excluding carboxylic acids is 1. The fourth-order valence-electron chi connectivity index (χ4n) is 1.32. The van der Waals surface area contributed by atoms with E-state index >= 15 is 0 Å². The number of hydrogen-bond acceptors (Lipinski definition) is 2. The van der Waals surface area contributed by atoms with Crippen molar-refractivity contribution < 1.29 is 9.18 Å². The average molecular weight is 374 g/mol. The van der Waals surface area contributed by atoms with E-state index in [2.05, 4.69) is 42.2 Å². The van der Waals surface area contributed by atoms with Gasteiger partial charge in [0.2, 0.25) is 0 Å². The molecule has 1 N–H and O–H groups in total. The molecule has 0 radical (unpaired) electrons. The predicted octanol–water partition coefficient (Wildman–Crippen LogP) is 4.00. The summed E-state index contributed by atoms with van der Waals surface area (Å²) in [6.45, 7) is 0. The second-order valence-corrected chi connectivity index (χ2v) is 5.18. The highest BCUT2D eigenvalue weighted by Crippen LogP contribution is 2.17. The van der Waals surface area contributed by atoms with Crippen LogP contribution in [0.15, 0.2) is 45.6 Å². The fraction of sp³-hybridized carbons (Fsp3) is 0. The predicted molar refractivity (Wildman–Crippen MR) is 74.0 cm³/mol. The van der Waals surface area contributed by atoms with Crippen molar-refractivity contribution in [2.75, 3.05) is 5.32 Å². The van der Waals surface area contributed by atoms with Crippen LogP contribution in [0.25, 0.3) is 0 Å². The Morgan fingerprint density at radius 1 is 1.22 bits per heavy atom. The van der Waals surface area contributed by atoms with Gasteiger partial charge in [0.25, 0.3) is 5.91 Å². The van der Waals surface area contributed by atoms with E-state index in [1.54, 1.807) is 18.2 Å².